The van der Waals surface area contributed by atoms with Gasteiger partial charge in [-0.15, -0.1) is 0 Å². The van der Waals surface area contributed by atoms with E-state index in [-0.39, 0.29) is 11.7 Å². The summed E-state index contributed by atoms with van der Waals surface area (Å²) >= 11 is 14.1. The molecule has 0 atom stereocenters. The van der Waals surface area contributed by atoms with Crippen LogP contribution in [0.4, 0.5) is 0 Å². The van der Waals surface area contributed by atoms with Crippen molar-refractivity contribution in [3.63, 3.8) is 0 Å². The molecule has 0 radical (unpaired) electrons. The highest BCUT2D eigenvalue weighted by Gasteiger charge is 2.10. The number of amides is 2. The van der Waals surface area contributed by atoms with Crippen LogP contribution in [-0.4, -0.2) is 30.1 Å². The van der Waals surface area contributed by atoms with Crippen molar-refractivity contribution in [3.8, 4) is 11.5 Å². The number of hydrogen-bond donors (Lipinski definition) is 3. The van der Waals surface area contributed by atoms with E-state index in [1.807, 2.05) is 6.92 Å². The van der Waals surface area contributed by atoms with Crippen molar-refractivity contribution < 1.29 is 19.1 Å². The second-order valence-electron chi connectivity index (χ2n) is 5.28. The molecule has 0 unspecified atom stereocenters. The first-order valence-electron chi connectivity index (χ1n) is 8.10. The number of nitrogens with one attached hydrogen (secondary N) is 3. The standard InChI is InChI=1S/C18H17BrClN3O4S/c1-2-26-13-6-3-11(4-7-13)17(25)21-18(28)23-22-16(24)10-27-15-8-5-12(20)9-14(15)19/h3-9H,2,10H2,1H3,(H,22,24)(H2,21,23,25,28). The fourth-order valence-electron chi connectivity index (χ4n) is 1.97. The molecule has 148 valence electrons. The molecule has 28 heavy (non-hydrogen) atoms. The Morgan fingerprint density at radius 1 is 1.11 bits per heavy atom. The molecular weight excluding hydrogens is 470 g/mol. The molecule has 0 saturated heterocycles. The zero-order chi connectivity index (χ0) is 20.5. The van der Waals surface area contributed by atoms with E-state index in [1.165, 1.54) is 0 Å². The molecule has 2 rings (SSSR count). The van der Waals surface area contributed by atoms with E-state index >= 15 is 0 Å². The summed E-state index contributed by atoms with van der Waals surface area (Å²) in [4.78, 5) is 23.9. The van der Waals surface area contributed by atoms with Gasteiger partial charge in [0, 0.05) is 10.6 Å². The number of carbonyl (C=O) groups is 2. The highest BCUT2D eigenvalue weighted by molar-refractivity contribution is 9.10. The number of rotatable bonds is 6. The normalized spacial score (nSPS) is 9.96. The molecule has 0 heterocycles. The smallest absolute Gasteiger partial charge is 0.276 e. The molecule has 10 heteroatoms. The predicted octanol–water partition coefficient (Wildman–Crippen LogP) is 3.22. The average molecular weight is 487 g/mol. The van der Waals surface area contributed by atoms with E-state index in [4.69, 9.17) is 33.3 Å². The van der Waals surface area contributed by atoms with Crippen molar-refractivity contribution in [1.82, 2.24) is 16.2 Å². The van der Waals surface area contributed by atoms with Crippen molar-refractivity contribution in [1.29, 1.82) is 0 Å². The first kappa shape index (κ1) is 21.9. The zero-order valence-corrected chi connectivity index (χ0v) is 17.9. The molecular formula is C18H17BrClN3O4S. The Kier molecular flexibility index (Phi) is 8.49. The SMILES string of the molecule is CCOc1ccc(C(=O)NC(=S)NNC(=O)COc2ccc(Cl)cc2Br)cc1. The Hall–Kier alpha value is -2.36. The molecule has 0 saturated carbocycles. The third-order valence-electron chi connectivity index (χ3n) is 3.22. The first-order valence-corrected chi connectivity index (χ1v) is 9.68. The molecule has 0 aliphatic rings. The van der Waals surface area contributed by atoms with Gasteiger partial charge in [0.2, 0.25) is 0 Å². The van der Waals surface area contributed by atoms with Crippen molar-refractivity contribution >= 4 is 56.7 Å². The zero-order valence-electron chi connectivity index (χ0n) is 14.8. The molecule has 0 aliphatic carbocycles. The number of hydrazine groups is 1. The van der Waals surface area contributed by atoms with Gasteiger partial charge < -0.3 is 9.47 Å². The Bertz CT molecular complexity index is 864. The molecule has 3 N–H and O–H groups in total. The summed E-state index contributed by atoms with van der Waals surface area (Å²) in [5.74, 6) is 0.223. The molecule has 0 aliphatic heterocycles. The third-order valence-corrected chi connectivity index (χ3v) is 4.28. The molecule has 0 fully saturated rings. The highest BCUT2D eigenvalue weighted by atomic mass is 79.9. The topological polar surface area (TPSA) is 88.7 Å². The van der Waals surface area contributed by atoms with E-state index in [1.54, 1.807) is 42.5 Å². The summed E-state index contributed by atoms with van der Waals surface area (Å²) in [6.45, 7) is 2.15. The Labute approximate surface area is 180 Å². The maximum atomic E-state index is 12.1. The average Bonchev–Trinajstić information content (AvgIpc) is 2.66. The fraction of sp³-hybridized carbons (Fsp3) is 0.167. The first-order chi connectivity index (χ1) is 13.4. The molecule has 0 aromatic heterocycles. The number of thiocarbonyl (C=S) groups is 1. The van der Waals surface area contributed by atoms with Gasteiger partial charge in [-0.05, 0) is 77.5 Å². The van der Waals surface area contributed by atoms with Gasteiger partial charge in [0.05, 0.1) is 11.1 Å². The van der Waals surface area contributed by atoms with Crippen molar-refractivity contribution in [2.75, 3.05) is 13.2 Å². The van der Waals surface area contributed by atoms with Crippen LogP contribution in [0.2, 0.25) is 5.02 Å². The van der Waals surface area contributed by atoms with E-state index in [2.05, 4.69) is 32.1 Å². The monoisotopic (exact) mass is 485 g/mol. The second kappa shape index (κ2) is 10.8. The van der Waals surface area contributed by atoms with E-state index in [9.17, 15) is 9.59 Å². The lowest BCUT2D eigenvalue weighted by atomic mass is 10.2. The summed E-state index contributed by atoms with van der Waals surface area (Å²) in [5.41, 5.74) is 5.17. The number of ether oxygens (including phenoxy) is 2. The summed E-state index contributed by atoms with van der Waals surface area (Å²) < 4.78 is 11.3. The van der Waals surface area contributed by atoms with Crippen molar-refractivity contribution in [2.24, 2.45) is 0 Å². The predicted molar refractivity (Wildman–Crippen MR) is 114 cm³/mol. The largest absolute Gasteiger partial charge is 0.494 e. The van der Waals surface area contributed by atoms with Gasteiger partial charge >= 0.3 is 0 Å². The Morgan fingerprint density at radius 2 is 1.82 bits per heavy atom. The summed E-state index contributed by atoms with van der Waals surface area (Å²) in [7, 11) is 0. The third kappa shape index (κ3) is 6.99. The molecule has 0 spiro atoms. The minimum absolute atomic E-state index is 0.0556. The highest BCUT2D eigenvalue weighted by Crippen LogP contribution is 2.27. The lowest BCUT2D eigenvalue weighted by molar-refractivity contribution is -0.123. The fourth-order valence-corrected chi connectivity index (χ4v) is 2.91. The summed E-state index contributed by atoms with van der Waals surface area (Å²) in [6.07, 6.45) is 0. The lowest BCUT2D eigenvalue weighted by Gasteiger charge is -2.12. The van der Waals surface area contributed by atoms with Crippen LogP contribution in [0.1, 0.15) is 17.3 Å². The van der Waals surface area contributed by atoms with Crippen LogP contribution < -0.4 is 25.6 Å². The number of carbonyl (C=O) groups excluding carboxylic acids is 2. The summed E-state index contributed by atoms with van der Waals surface area (Å²) in [6, 6.07) is 11.5. The minimum atomic E-state index is -0.487. The van der Waals surface area contributed by atoms with Crippen molar-refractivity contribution in [3.05, 3.63) is 57.5 Å². The van der Waals surface area contributed by atoms with Gasteiger partial charge in [0.1, 0.15) is 11.5 Å². The molecule has 2 aromatic carbocycles. The second-order valence-corrected chi connectivity index (χ2v) is 6.98. The van der Waals surface area contributed by atoms with Crippen LogP contribution in [0.25, 0.3) is 0 Å². The van der Waals surface area contributed by atoms with Gasteiger partial charge in [0.25, 0.3) is 11.8 Å². The van der Waals surface area contributed by atoms with Crippen LogP contribution in [-0.2, 0) is 4.79 Å². The van der Waals surface area contributed by atoms with E-state index in [0.29, 0.717) is 33.2 Å². The quantitative estimate of drug-likeness (QED) is 0.429. The number of hydrogen-bond acceptors (Lipinski definition) is 5. The maximum Gasteiger partial charge on any atom is 0.276 e. The van der Waals surface area contributed by atoms with Crippen LogP contribution in [0.5, 0.6) is 11.5 Å². The lowest BCUT2D eigenvalue weighted by Crippen LogP contribution is -2.49. The number of benzene rings is 2. The molecule has 0 bridgehead atoms. The van der Waals surface area contributed by atoms with Gasteiger partial charge in [0.15, 0.2) is 11.7 Å². The van der Waals surface area contributed by atoms with Crippen LogP contribution in [0.3, 0.4) is 0 Å². The van der Waals surface area contributed by atoms with E-state index in [0.717, 1.165) is 0 Å². The van der Waals surface area contributed by atoms with Crippen LogP contribution >= 0.6 is 39.7 Å². The molecule has 7 nitrogen and oxygen atoms in total. The summed E-state index contributed by atoms with van der Waals surface area (Å²) in [5, 5.41) is 2.94. The van der Waals surface area contributed by atoms with Gasteiger partial charge in [-0.1, -0.05) is 11.6 Å². The van der Waals surface area contributed by atoms with Crippen LogP contribution in [0.15, 0.2) is 46.9 Å². The van der Waals surface area contributed by atoms with Gasteiger partial charge in [-0.25, -0.2) is 0 Å². The van der Waals surface area contributed by atoms with Crippen molar-refractivity contribution in [2.45, 2.75) is 6.92 Å². The van der Waals surface area contributed by atoms with E-state index < -0.39 is 11.8 Å². The molecule has 2 aromatic rings. The Morgan fingerprint density at radius 3 is 2.46 bits per heavy atom. The molecule has 2 amide bonds. The maximum absolute atomic E-state index is 12.1. The van der Waals surface area contributed by atoms with Gasteiger partial charge in [-0.2, -0.15) is 0 Å². The van der Waals surface area contributed by atoms with Crippen LogP contribution in [0, 0.1) is 0 Å². The minimum Gasteiger partial charge on any atom is -0.494 e. The van der Waals surface area contributed by atoms with Gasteiger partial charge in [-0.3, -0.25) is 25.8 Å². The Balaban J connectivity index is 1.75. The number of halogens is 2.